The highest BCUT2D eigenvalue weighted by atomic mass is 16.2. The second kappa shape index (κ2) is 12.7. The van der Waals surface area contributed by atoms with Crippen molar-refractivity contribution in [1.82, 2.24) is 34.7 Å². The predicted octanol–water partition coefficient (Wildman–Crippen LogP) is 5.90. The van der Waals surface area contributed by atoms with Crippen molar-refractivity contribution in [2.75, 3.05) is 32.5 Å². The summed E-state index contributed by atoms with van der Waals surface area (Å²) in [6.45, 7) is 5.46. The highest BCUT2D eigenvalue weighted by Crippen LogP contribution is 2.26. The summed E-state index contributed by atoms with van der Waals surface area (Å²) in [4.78, 5) is 44.9. The van der Waals surface area contributed by atoms with E-state index in [1.807, 2.05) is 105 Å². The fraction of sp³-hybridized carbons (Fsp3) is 0.229. The molecule has 6 aromatic rings. The number of imidazole rings is 2. The van der Waals surface area contributed by atoms with E-state index in [0.717, 1.165) is 70.0 Å². The van der Waals surface area contributed by atoms with Crippen LogP contribution in [-0.2, 0) is 0 Å². The fourth-order valence-corrected chi connectivity index (χ4v) is 5.44. The number of nitrogens with one attached hydrogen (secondary N) is 3. The van der Waals surface area contributed by atoms with Crippen LogP contribution in [0.5, 0.6) is 0 Å². The third kappa shape index (κ3) is 6.61. The monoisotopic (exact) mass is 600 g/mol. The standard InChI is InChI=1S/C35H36N8O2/c1-22-38-29-13-10-26(19-30(29)39-22)35(45)41-28-9-7-8-24(18-28)27-12-15-33(37-21-27)43-23(2)40-31-20-25(11-14-32(31)43)34(44)36-16-5-6-17-42(3)4/h7-15,18-21H,5-6,16-17H2,1-4H3,(H,36,44)(H,38,39)(H,41,45). The first kappa shape index (κ1) is 29.7. The lowest BCUT2D eigenvalue weighted by Crippen LogP contribution is -2.25. The van der Waals surface area contributed by atoms with Gasteiger partial charge < -0.3 is 20.5 Å². The molecule has 0 fully saturated rings. The number of carbonyl (C=O) groups is 2. The van der Waals surface area contributed by atoms with E-state index in [2.05, 4.69) is 25.5 Å². The summed E-state index contributed by atoms with van der Waals surface area (Å²) >= 11 is 0. The number of carbonyl (C=O) groups excluding carboxylic acids is 2. The van der Waals surface area contributed by atoms with Gasteiger partial charge in [-0.3, -0.25) is 14.2 Å². The molecule has 0 spiro atoms. The second-order valence-electron chi connectivity index (χ2n) is 11.5. The Kier molecular flexibility index (Phi) is 8.39. The molecule has 10 nitrogen and oxygen atoms in total. The van der Waals surface area contributed by atoms with Gasteiger partial charge in [-0.15, -0.1) is 0 Å². The topological polar surface area (TPSA) is 121 Å². The molecule has 0 saturated carbocycles. The van der Waals surface area contributed by atoms with Gasteiger partial charge in [-0.1, -0.05) is 12.1 Å². The lowest BCUT2D eigenvalue weighted by molar-refractivity contribution is 0.0952. The van der Waals surface area contributed by atoms with Crippen LogP contribution in [0, 0.1) is 13.8 Å². The minimum atomic E-state index is -0.196. The first-order chi connectivity index (χ1) is 21.7. The van der Waals surface area contributed by atoms with Gasteiger partial charge in [0.1, 0.15) is 17.5 Å². The van der Waals surface area contributed by atoms with Crippen LogP contribution in [0.3, 0.4) is 0 Å². The Morgan fingerprint density at radius 1 is 0.844 bits per heavy atom. The van der Waals surface area contributed by atoms with Crippen LogP contribution in [0.1, 0.15) is 45.2 Å². The lowest BCUT2D eigenvalue weighted by atomic mass is 10.1. The van der Waals surface area contributed by atoms with Crippen molar-refractivity contribution in [2.24, 2.45) is 0 Å². The number of amides is 2. The summed E-state index contributed by atoms with van der Waals surface area (Å²) in [5.74, 6) is 2.02. The van der Waals surface area contributed by atoms with Crippen molar-refractivity contribution in [3.63, 3.8) is 0 Å². The van der Waals surface area contributed by atoms with E-state index in [4.69, 9.17) is 9.97 Å². The van der Waals surface area contributed by atoms with Crippen molar-refractivity contribution < 1.29 is 9.59 Å². The van der Waals surface area contributed by atoms with Crippen molar-refractivity contribution in [1.29, 1.82) is 0 Å². The Hall–Kier alpha value is -5.35. The van der Waals surface area contributed by atoms with Gasteiger partial charge in [0.2, 0.25) is 0 Å². The summed E-state index contributed by atoms with van der Waals surface area (Å²) in [6, 6.07) is 22.6. The third-order valence-corrected chi connectivity index (χ3v) is 7.70. The minimum absolute atomic E-state index is 0.0937. The van der Waals surface area contributed by atoms with Gasteiger partial charge in [0, 0.05) is 35.1 Å². The van der Waals surface area contributed by atoms with Gasteiger partial charge >= 0.3 is 0 Å². The zero-order valence-electron chi connectivity index (χ0n) is 25.9. The zero-order chi connectivity index (χ0) is 31.5. The summed E-state index contributed by atoms with van der Waals surface area (Å²) in [5.41, 5.74) is 6.94. The van der Waals surface area contributed by atoms with Crippen LogP contribution >= 0.6 is 0 Å². The van der Waals surface area contributed by atoms with Crippen molar-refractivity contribution in [2.45, 2.75) is 26.7 Å². The van der Waals surface area contributed by atoms with Crippen LogP contribution in [0.15, 0.2) is 79.0 Å². The molecule has 3 aromatic heterocycles. The number of aromatic amines is 1. The zero-order valence-corrected chi connectivity index (χ0v) is 25.9. The van der Waals surface area contributed by atoms with Crippen LogP contribution in [0.2, 0.25) is 0 Å². The molecule has 2 amide bonds. The van der Waals surface area contributed by atoms with Crippen LogP contribution in [0.25, 0.3) is 39.0 Å². The predicted molar refractivity (Wildman–Crippen MR) is 178 cm³/mol. The normalized spacial score (nSPS) is 11.4. The number of hydrogen-bond donors (Lipinski definition) is 3. The van der Waals surface area contributed by atoms with Gasteiger partial charge in [-0.25, -0.2) is 15.0 Å². The highest BCUT2D eigenvalue weighted by molar-refractivity contribution is 6.06. The largest absolute Gasteiger partial charge is 0.352 e. The Morgan fingerprint density at radius 2 is 1.67 bits per heavy atom. The van der Waals surface area contributed by atoms with E-state index in [0.29, 0.717) is 23.4 Å². The van der Waals surface area contributed by atoms with Gasteiger partial charge in [0.15, 0.2) is 0 Å². The van der Waals surface area contributed by atoms with Gasteiger partial charge in [-0.05, 0) is 114 Å². The van der Waals surface area contributed by atoms with E-state index < -0.39 is 0 Å². The molecule has 0 aliphatic rings. The smallest absolute Gasteiger partial charge is 0.255 e. The summed E-state index contributed by atoms with van der Waals surface area (Å²) < 4.78 is 1.98. The fourth-order valence-electron chi connectivity index (χ4n) is 5.44. The van der Waals surface area contributed by atoms with Crippen molar-refractivity contribution in [3.8, 4) is 16.9 Å². The maximum Gasteiger partial charge on any atom is 0.255 e. The average Bonchev–Trinajstić information content (AvgIpc) is 3.57. The van der Waals surface area contributed by atoms with Gasteiger partial charge in [0.05, 0.1) is 22.1 Å². The SMILES string of the molecule is Cc1nc2ccc(C(=O)Nc3cccc(-c4ccc(-n5c(C)nc6cc(C(=O)NCCCCN(C)C)ccc65)nc4)c3)cc2[nH]1. The number of H-pyrrole nitrogens is 1. The molecule has 0 radical (unpaired) electrons. The third-order valence-electron chi connectivity index (χ3n) is 7.70. The average molecular weight is 601 g/mol. The second-order valence-corrected chi connectivity index (χ2v) is 11.5. The molecule has 0 aliphatic carbocycles. The van der Waals surface area contributed by atoms with E-state index in [1.54, 1.807) is 6.07 Å². The van der Waals surface area contributed by atoms with E-state index >= 15 is 0 Å². The molecule has 10 heteroatoms. The van der Waals surface area contributed by atoms with Crippen LogP contribution < -0.4 is 10.6 Å². The number of nitrogens with zero attached hydrogens (tertiary/aromatic N) is 5. The number of hydrogen-bond acceptors (Lipinski definition) is 6. The molecule has 0 saturated heterocycles. The molecule has 228 valence electrons. The Labute approximate surface area is 261 Å². The van der Waals surface area contributed by atoms with Gasteiger partial charge in [-0.2, -0.15) is 0 Å². The molecule has 3 N–H and O–H groups in total. The molecular weight excluding hydrogens is 564 g/mol. The number of anilines is 1. The van der Waals surface area contributed by atoms with E-state index in [1.165, 1.54) is 0 Å². The van der Waals surface area contributed by atoms with Crippen LogP contribution in [0.4, 0.5) is 5.69 Å². The Bertz CT molecular complexity index is 2010. The Balaban J connectivity index is 1.15. The van der Waals surface area contributed by atoms with Crippen LogP contribution in [-0.4, -0.2) is 68.4 Å². The molecule has 0 bridgehead atoms. The van der Waals surface area contributed by atoms with E-state index in [-0.39, 0.29) is 11.8 Å². The molecule has 3 heterocycles. The summed E-state index contributed by atoms with van der Waals surface area (Å²) in [6.07, 6.45) is 3.78. The van der Waals surface area contributed by atoms with E-state index in [9.17, 15) is 9.59 Å². The minimum Gasteiger partial charge on any atom is -0.352 e. The Morgan fingerprint density at radius 3 is 2.47 bits per heavy atom. The van der Waals surface area contributed by atoms with Gasteiger partial charge in [0.25, 0.3) is 11.8 Å². The number of benzene rings is 3. The first-order valence-electron chi connectivity index (χ1n) is 15.0. The maximum absolute atomic E-state index is 13.0. The number of pyridine rings is 1. The van der Waals surface area contributed by atoms with Crippen molar-refractivity contribution in [3.05, 3.63) is 102 Å². The first-order valence-corrected chi connectivity index (χ1v) is 15.0. The summed E-state index contributed by atoms with van der Waals surface area (Å²) in [7, 11) is 4.10. The number of rotatable bonds is 10. The molecule has 6 rings (SSSR count). The molecule has 0 atom stereocenters. The molecule has 0 unspecified atom stereocenters. The number of aryl methyl sites for hydroxylation is 2. The molecular formula is C35H36N8O2. The van der Waals surface area contributed by atoms with Crippen molar-refractivity contribution >= 4 is 39.6 Å². The number of aromatic nitrogens is 5. The number of fused-ring (bicyclic) bond motifs is 2. The maximum atomic E-state index is 13.0. The molecule has 45 heavy (non-hydrogen) atoms. The molecule has 3 aromatic carbocycles. The molecule has 0 aliphatic heterocycles. The summed E-state index contributed by atoms with van der Waals surface area (Å²) in [5, 5.41) is 6.01. The lowest BCUT2D eigenvalue weighted by Gasteiger charge is -2.10. The highest BCUT2D eigenvalue weighted by Gasteiger charge is 2.14. The number of unbranched alkanes of at least 4 members (excludes halogenated alkanes) is 1. The quantitative estimate of drug-likeness (QED) is 0.168.